The molecule has 0 aliphatic carbocycles. The van der Waals surface area contributed by atoms with Gasteiger partial charge in [0.1, 0.15) is 6.07 Å². The van der Waals surface area contributed by atoms with Crippen LogP contribution in [-0.4, -0.2) is 41.3 Å². The van der Waals surface area contributed by atoms with E-state index in [2.05, 4.69) is 21.3 Å². The second kappa shape index (κ2) is 5.08. The molecule has 0 amide bonds. The van der Waals surface area contributed by atoms with Gasteiger partial charge in [0.2, 0.25) is 5.69 Å². The van der Waals surface area contributed by atoms with Gasteiger partial charge in [-0.1, -0.05) is 23.4 Å². The first-order valence-corrected chi connectivity index (χ1v) is 6.14. The molecule has 2 aromatic rings. The molecule has 19 heavy (non-hydrogen) atoms. The van der Waals surface area contributed by atoms with Gasteiger partial charge >= 0.3 is 0 Å². The largest absolute Gasteiger partial charge is 0.378 e. The van der Waals surface area contributed by atoms with Crippen molar-refractivity contribution in [3.8, 4) is 11.8 Å². The minimum atomic E-state index is 0.353. The zero-order chi connectivity index (χ0) is 13.1. The number of para-hydroxylation sites is 1. The molecule has 1 aliphatic rings. The second-order valence-electron chi connectivity index (χ2n) is 4.22. The van der Waals surface area contributed by atoms with Gasteiger partial charge in [0, 0.05) is 13.1 Å². The Labute approximate surface area is 110 Å². The molecule has 0 atom stereocenters. The lowest BCUT2D eigenvalue weighted by molar-refractivity contribution is 0.122. The van der Waals surface area contributed by atoms with Crippen LogP contribution in [0.1, 0.15) is 5.69 Å². The van der Waals surface area contributed by atoms with Gasteiger partial charge in [0.05, 0.1) is 18.9 Å². The Morgan fingerprint density at radius 3 is 2.58 bits per heavy atom. The summed E-state index contributed by atoms with van der Waals surface area (Å²) in [6.45, 7) is 2.81. The molecule has 1 aliphatic heterocycles. The fourth-order valence-electron chi connectivity index (χ4n) is 2.15. The number of aromatic nitrogens is 3. The van der Waals surface area contributed by atoms with Crippen molar-refractivity contribution in [1.29, 1.82) is 5.26 Å². The molecule has 1 fully saturated rings. The van der Waals surface area contributed by atoms with Crippen molar-refractivity contribution >= 4 is 5.82 Å². The molecule has 6 heteroatoms. The molecule has 1 aromatic heterocycles. The average Bonchev–Trinajstić information content (AvgIpc) is 2.93. The Bertz CT molecular complexity index is 595. The third-order valence-electron chi connectivity index (χ3n) is 3.06. The monoisotopic (exact) mass is 255 g/mol. The number of anilines is 1. The predicted octanol–water partition coefficient (Wildman–Crippen LogP) is 0.976. The number of benzene rings is 1. The Morgan fingerprint density at radius 1 is 1.16 bits per heavy atom. The highest BCUT2D eigenvalue weighted by molar-refractivity contribution is 5.54. The van der Waals surface area contributed by atoms with Crippen LogP contribution < -0.4 is 4.90 Å². The number of rotatable bonds is 2. The maximum absolute atomic E-state index is 9.19. The van der Waals surface area contributed by atoms with Crippen LogP contribution in [0.2, 0.25) is 0 Å². The Hall–Kier alpha value is -2.39. The van der Waals surface area contributed by atoms with Gasteiger partial charge in [0.25, 0.3) is 0 Å². The van der Waals surface area contributed by atoms with Crippen molar-refractivity contribution in [2.75, 3.05) is 31.2 Å². The van der Waals surface area contributed by atoms with Crippen molar-refractivity contribution in [3.05, 3.63) is 36.0 Å². The van der Waals surface area contributed by atoms with Gasteiger partial charge in [-0.25, -0.2) is 0 Å². The SMILES string of the molecule is N#Cc1nnn(-c2ccccc2)c1N1CCOCC1. The van der Waals surface area contributed by atoms with E-state index in [4.69, 9.17) is 4.74 Å². The Morgan fingerprint density at radius 2 is 1.89 bits per heavy atom. The molecule has 1 saturated heterocycles. The summed E-state index contributed by atoms with van der Waals surface area (Å²) in [6.07, 6.45) is 0. The van der Waals surface area contributed by atoms with E-state index >= 15 is 0 Å². The summed E-state index contributed by atoms with van der Waals surface area (Å²) in [5, 5.41) is 17.2. The molecular weight excluding hydrogens is 242 g/mol. The van der Waals surface area contributed by atoms with Gasteiger partial charge in [0.15, 0.2) is 5.82 Å². The highest BCUT2D eigenvalue weighted by Crippen LogP contribution is 2.22. The van der Waals surface area contributed by atoms with E-state index < -0.39 is 0 Å². The van der Waals surface area contributed by atoms with Crippen LogP contribution in [0.25, 0.3) is 5.69 Å². The first-order chi connectivity index (χ1) is 9.40. The summed E-state index contributed by atoms with van der Waals surface area (Å²) in [5.41, 5.74) is 1.25. The van der Waals surface area contributed by atoms with Crippen LogP contribution in [0.4, 0.5) is 5.82 Å². The van der Waals surface area contributed by atoms with Gasteiger partial charge in [-0.15, -0.1) is 5.10 Å². The lowest BCUT2D eigenvalue weighted by atomic mass is 10.3. The highest BCUT2D eigenvalue weighted by Gasteiger charge is 2.22. The number of morpholine rings is 1. The molecule has 0 spiro atoms. The maximum atomic E-state index is 9.19. The summed E-state index contributed by atoms with van der Waals surface area (Å²) in [5.74, 6) is 0.747. The molecule has 0 saturated carbocycles. The zero-order valence-corrected chi connectivity index (χ0v) is 10.4. The van der Waals surface area contributed by atoms with Crippen molar-refractivity contribution in [1.82, 2.24) is 15.0 Å². The maximum Gasteiger partial charge on any atom is 0.207 e. The molecule has 2 heterocycles. The molecule has 6 nitrogen and oxygen atoms in total. The van der Waals surface area contributed by atoms with Gasteiger partial charge < -0.3 is 9.64 Å². The van der Waals surface area contributed by atoms with Crippen LogP contribution in [0.15, 0.2) is 30.3 Å². The zero-order valence-electron chi connectivity index (χ0n) is 10.4. The molecule has 1 aromatic carbocycles. The molecule has 0 radical (unpaired) electrons. The standard InChI is InChI=1S/C13H13N5O/c14-10-12-13(17-6-8-19-9-7-17)18(16-15-12)11-4-2-1-3-5-11/h1-5H,6-9H2. The number of ether oxygens (including phenoxy) is 1. The fraction of sp³-hybridized carbons (Fsp3) is 0.308. The number of nitrogens with zero attached hydrogens (tertiary/aromatic N) is 5. The topological polar surface area (TPSA) is 67.0 Å². The third kappa shape index (κ3) is 2.16. The number of nitriles is 1. The van der Waals surface area contributed by atoms with E-state index in [1.807, 2.05) is 30.3 Å². The number of hydrogen-bond donors (Lipinski definition) is 0. The van der Waals surface area contributed by atoms with Crippen LogP contribution in [0.3, 0.4) is 0 Å². The quantitative estimate of drug-likeness (QED) is 0.800. The molecule has 96 valence electrons. The van der Waals surface area contributed by atoms with Gasteiger partial charge in [-0.3, -0.25) is 0 Å². The van der Waals surface area contributed by atoms with Crippen LogP contribution in [0, 0.1) is 11.3 Å². The highest BCUT2D eigenvalue weighted by atomic mass is 16.5. The average molecular weight is 255 g/mol. The first kappa shape index (κ1) is 11.7. The fourth-order valence-corrected chi connectivity index (χ4v) is 2.15. The van der Waals surface area contributed by atoms with E-state index in [9.17, 15) is 5.26 Å². The molecular formula is C13H13N5O. The van der Waals surface area contributed by atoms with E-state index in [1.165, 1.54) is 0 Å². The van der Waals surface area contributed by atoms with Crippen molar-refractivity contribution in [2.45, 2.75) is 0 Å². The second-order valence-corrected chi connectivity index (χ2v) is 4.22. The lowest BCUT2D eigenvalue weighted by Gasteiger charge is -2.28. The smallest absolute Gasteiger partial charge is 0.207 e. The first-order valence-electron chi connectivity index (χ1n) is 6.14. The third-order valence-corrected chi connectivity index (χ3v) is 3.06. The Kier molecular flexibility index (Phi) is 3.12. The van der Waals surface area contributed by atoms with Crippen molar-refractivity contribution in [2.24, 2.45) is 0 Å². The summed E-state index contributed by atoms with van der Waals surface area (Å²) in [6, 6.07) is 11.8. The van der Waals surface area contributed by atoms with Gasteiger partial charge in [-0.05, 0) is 12.1 Å². The normalized spacial score (nSPS) is 15.2. The van der Waals surface area contributed by atoms with Crippen molar-refractivity contribution in [3.63, 3.8) is 0 Å². The lowest BCUT2D eigenvalue weighted by Crippen LogP contribution is -2.37. The Balaban J connectivity index is 2.06. The molecule has 3 rings (SSSR count). The van der Waals surface area contributed by atoms with Crippen molar-refractivity contribution < 1.29 is 4.74 Å². The molecule has 0 N–H and O–H groups in total. The summed E-state index contributed by atoms with van der Waals surface area (Å²) >= 11 is 0. The van der Waals surface area contributed by atoms with Gasteiger partial charge in [-0.2, -0.15) is 9.94 Å². The minimum absolute atomic E-state index is 0.353. The molecule has 0 bridgehead atoms. The van der Waals surface area contributed by atoms with Crippen LogP contribution in [-0.2, 0) is 4.74 Å². The predicted molar refractivity (Wildman–Crippen MR) is 69.1 cm³/mol. The summed E-state index contributed by atoms with van der Waals surface area (Å²) in [7, 11) is 0. The van der Waals surface area contributed by atoms with E-state index in [1.54, 1.807) is 4.68 Å². The van der Waals surface area contributed by atoms with E-state index in [0.717, 1.165) is 24.6 Å². The van der Waals surface area contributed by atoms with E-state index in [-0.39, 0.29) is 0 Å². The minimum Gasteiger partial charge on any atom is -0.378 e. The van der Waals surface area contributed by atoms with Crippen LogP contribution >= 0.6 is 0 Å². The summed E-state index contributed by atoms with van der Waals surface area (Å²) < 4.78 is 7.05. The van der Waals surface area contributed by atoms with Crippen LogP contribution in [0.5, 0.6) is 0 Å². The number of hydrogen-bond acceptors (Lipinski definition) is 5. The molecule has 0 unspecified atom stereocenters. The van der Waals surface area contributed by atoms with E-state index in [0.29, 0.717) is 18.9 Å². The summed E-state index contributed by atoms with van der Waals surface area (Å²) in [4.78, 5) is 2.09.